The highest BCUT2D eigenvalue weighted by molar-refractivity contribution is 5.68. The molecule has 21 heavy (non-hydrogen) atoms. The maximum absolute atomic E-state index is 11.9. The summed E-state index contributed by atoms with van der Waals surface area (Å²) in [5, 5.41) is 10.6. The van der Waals surface area contributed by atoms with Crippen molar-refractivity contribution in [2.75, 3.05) is 0 Å². The van der Waals surface area contributed by atoms with Gasteiger partial charge in [0, 0.05) is 37.4 Å². The van der Waals surface area contributed by atoms with Crippen molar-refractivity contribution < 1.29 is 9.53 Å². The summed E-state index contributed by atoms with van der Waals surface area (Å²) < 4.78 is 7.12. The van der Waals surface area contributed by atoms with Crippen LogP contribution in [0.1, 0.15) is 45.6 Å². The van der Waals surface area contributed by atoms with Crippen molar-refractivity contribution in [3.8, 4) is 0 Å². The Hall–Kier alpha value is -1.56. The Bertz CT molecular complexity index is 478. The zero-order valence-corrected chi connectivity index (χ0v) is 13.3. The Kier molecular flexibility index (Phi) is 4.88. The normalized spacial score (nSPS) is 22.3. The first-order chi connectivity index (χ1) is 9.83. The molecule has 1 heterocycles. The van der Waals surface area contributed by atoms with E-state index in [1.165, 1.54) is 0 Å². The number of rotatable bonds is 4. The molecule has 0 aromatic carbocycles. The van der Waals surface area contributed by atoms with Gasteiger partial charge in [-0.3, -0.25) is 4.68 Å². The van der Waals surface area contributed by atoms with Crippen molar-refractivity contribution in [2.24, 2.45) is 7.05 Å². The predicted octanol–water partition coefficient (Wildman–Crippen LogP) is 1.96. The van der Waals surface area contributed by atoms with Crippen molar-refractivity contribution in [3.05, 3.63) is 18.0 Å². The van der Waals surface area contributed by atoms with Gasteiger partial charge in [0.1, 0.15) is 5.60 Å². The highest BCUT2D eigenvalue weighted by atomic mass is 16.6. The molecule has 0 bridgehead atoms. The van der Waals surface area contributed by atoms with Crippen LogP contribution in [0.4, 0.5) is 4.79 Å². The van der Waals surface area contributed by atoms with Crippen LogP contribution in [-0.2, 0) is 18.3 Å². The summed E-state index contributed by atoms with van der Waals surface area (Å²) in [4.78, 5) is 11.9. The number of nitrogens with zero attached hydrogens (tertiary/aromatic N) is 2. The van der Waals surface area contributed by atoms with Crippen molar-refractivity contribution in [1.82, 2.24) is 20.4 Å². The van der Waals surface area contributed by atoms with Crippen LogP contribution in [0.25, 0.3) is 0 Å². The van der Waals surface area contributed by atoms with Crippen LogP contribution < -0.4 is 10.6 Å². The summed E-state index contributed by atoms with van der Waals surface area (Å²) in [5.41, 5.74) is 0.696. The van der Waals surface area contributed by atoms with Crippen LogP contribution in [-0.4, -0.2) is 33.6 Å². The van der Waals surface area contributed by atoms with E-state index in [0.717, 1.165) is 31.4 Å². The highest BCUT2D eigenvalue weighted by Gasteiger charge is 2.29. The Labute approximate surface area is 126 Å². The molecule has 1 aromatic rings. The Balaban J connectivity index is 1.81. The topological polar surface area (TPSA) is 68.2 Å². The first kappa shape index (κ1) is 15.8. The minimum absolute atomic E-state index is 0.136. The van der Waals surface area contributed by atoms with E-state index >= 15 is 0 Å². The molecule has 2 N–H and O–H groups in total. The van der Waals surface area contributed by atoms with E-state index in [0.29, 0.717) is 0 Å². The number of hydrogen-bond donors (Lipinski definition) is 2. The molecule has 1 aromatic heterocycles. The van der Waals surface area contributed by atoms with Gasteiger partial charge in [-0.15, -0.1) is 0 Å². The van der Waals surface area contributed by atoms with Crippen LogP contribution in [0.5, 0.6) is 0 Å². The summed E-state index contributed by atoms with van der Waals surface area (Å²) in [6.45, 7) is 6.39. The van der Waals surface area contributed by atoms with Gasteiger partial charge in [-0.25, -0.2) is 4.79 Å². The Morgan fingerprint density at radius 3 is 2.76 bits per heavy atom. The van der Waals surface area contributed by atoms with Gasteiger partial charge in [0.15, 0.2) is 0 Å². The minimum Gasteiger partial charge on any atom is -0.444 e. The van der Waals surface area contributed by atoms with Gasteiger partial charge >= 0.3 is 6.09 Å². The highest BCUT2D eigenvalue weighted by Crippen LogP contribution is 2.20. The van der Waals surface area contributed by atoms with E-state index in [1.54, 1.807) is 4.68 Å². The summed E-state index contributed by atoms with van der Waals surface area (Å²) in [7, 11) is 1.91. The molecule has 1 fully saturated rings. The van der Waals surface area contributed by atoms with Crippen molar-refractivity contribution in [3.63, 3.8) is 0 Å². The lowest BCUT2D eigenvalue weighted by Gasteiger charge is -2.25. The third kappa shape index (κ3) is 5.04. The van der Waals surface area contributed by atoms with Crippen LogP contribution in [0.15, 0.2) is 12.4 Å². The molecule has 6 nitrogen and oxygen atoms in total. The average Bonchev–Trinajstić information content (AvgIpc) is 2.93. The van der Waals surface area contributed by atoms with Crippen molar-refractivity contribution in [1.29, 1.82) is 0 Å². The maximum Gasteiger partial charge on any atom is 0.407 e. The van der Waals surface area contributed by atoms with Crippen LogP contribution in [0.2, 0.25) is 0 Å². The maximum atomic E-state index is 11.9. The number of nitrogens with one attached hydrogen (secondary N) is 2. The summed E-state index contributed by atoms with van der Waals surface area (Å²) in [6, 6.07) is 0.425. The zero-order valence-electron chi connectivity index (χ0n) is 13.3. The van der Waals surface area contributed by atoms with Gasteiger partial charge in [-0.05, 0) is 40.0 Å². The minimum atomic E-state index is -0.457. The number of ether oxygens (including phenoxy) is 1. The van der Waals surface area contributed by atoms with Gasteiger partial charge in [-0.1, -0.05) is 0 Å². The first-order valence-corrected chi connectivity index (χ1v) is 7.54. The van der Waals surface area contributed by atoms with E-state index in [2.05, 4.69) is 15.7 Å². The lowest BCUT2D eigenvalue weighted by Crippen LogP contribution is -2.47. The van der Waals surface area contributed by atoms with E-state index < -0.39 is 5.60 Å². The average molecular weight is 294 g/mol. The second-order valence-electron chi connectivity index (χ2n) is 6.69. The fourth-order valence-corrected chi connectivity index (χ4v) is 2.65. The number of amides is 1. The third-order valence-corrected chi connectivity index (χ3v) is 3.54. The van der Waals surface area contributed by atoms with E-state index in [1.807, 2.05) is 40.2 Å². The molecule has 1 saturated carbocycles. The standard InChI is InChI=1S/C15H26N4O2/c1-15(2,3)21-14(20)18-13-7-5-6-12(13)16-8-11-9-17-19(4)10-11/h9-10,12-13,16H,5-8H2,1-4H3,(H,18,20). The molecule has 1 aliphatic carbocycles. The molecule has 0 radical (unpaired) electrons. The number of carbonyl (C=O) groups excluding carboxylic acids is 1. The number of hydrogen-bond acceptors (Lipinski definition) is 4. The Morgan fingerprint density at radius 1 is 1.43 bits per heavy atom. The lowest BCUT2D eigenvalue weighted by molar-refractivity contribution is 0.0498. The molecule has 2 rings (SSSR count). The molecule has 1 aliphatic rings. The molecule has 0 spiro atoms. The molecule has 2 atom stereocenters. The van der Waals surface area contributed by atoms with Gasteiger partial charge < -0.3 is 15.4 Å². The molecule has 0 saturated heterocycles. The van der Waals surface area contributed by atoms with E-state index in [-0.39, 0.29) is 18.2 Å². The fraction of sp³-hybridized carbons (Fsp3) is 0.733. The van der Waals surface area contributed by atoms with E-state index in [4.69, 9.17) is 4.74 Å². The Morgan fingerprint density at radius 2 is 2.14 bits per heavy atom. The molecule has 118 valence electrons. The van der Waals surface area contributed by atoms with E-state index in [9.17, 15) is 4.79 Å². The fourth-order valence-electron chi connectivity index (χ4n) is 2.65. The number of alkyl carbamates (subject to hydrolysis) is 1. The van der Waals surface area contributed by atoms with Gasteiger partial charge in [0.2, 0.25) is 0 Å². The molecule has 6 heteroatoms. The monoisotopic (exact) mass is 294 g/mol. The largest absolute Gasteiger partial charge is 0.444 e. The SMILES string of the molecule is Cn1cc(CNC2CCCC2NC(=O)OC(C)(C)C)cn1. The summed E-state index contributed by atoms with van der Waals surface area (Å²) in [5.74, 6) is 0. The second-order valence-corrected chi connectivity index (χ2v) is 6.69. The number of aryl methyl sites for hydroxylation is 1. The molecule has 1 amide bonds. The van der Waals surface area contributed by atoms with Gasteiger partial charge in [0.05, 0.1) is 6.20 Å². The van der Waals surface area contributed by atoms with Crippen molar-refractivity contribution in [2.45, 2.75) is 64.3 Å². The van der Waals surface area contributed by atoms with Crippen molar-refractivity contribution >= 4 is 6.09 Å². The summed E-state index contributed by atoms with van der Waals surface area (Å²) >= 11 is 0. The molecular formula is C15H26N4O2. The first-order valence-electron chi connectivity index (χ1n) is 7.54. The predicted molar refractivity (Wildman–Crippen MR) is 80.8 cm³/mol. The van der Waals surface area contributed by atoms with Crippen LogP contribution in [0.3, 0.4) is 0 Å². The summed E-state index contributed by atoms with van der Waals surface area (Å²) in [6.07, 6.45) is 6.70. The quantitative estimate of drug-likeness (QED) is 0.890. The number of aromatic nitrogens is 2. The van der Waals surface area contributed by atoms with Crippen LogP contribution >= 0.6 is 0 Å². The molecular weight excluding hydrogens is 268 g/mol. The molecule has 0 aliphatic heterocycles. The lowest BCUT2D eigenvalue weighted by atomic mass is 10.1. The number of carbonyl (C=O) groups is 1. The van der Waals surface area contributed by atoms with Crippen LogP contribution in [0, 0.1) is 0 Å². The zero-order chi connectivity index (χ0) is 15.5. The van der Waals surface area contributed by atoms with Gasteiger partial charge in [-0.2, -0.15) is 5.10 Å². The third-order valence-electron chi connectivity index (χ3n) is 3.54. The second kappa shape index (κ2) is 6.47. The van der Waals surface area contributed by atoms with Gasteiger partial charge in [0.25, 0.3) is 0 Å². The smallest absolute Gasteiger partial charge is 0.407 e. The molecule has 2 unspecified atom stereocenters.